The van der Waals surface area contributed by atoms with Crippen LogP contribution >= 0.6 is 0 Å². The van der Waals surface area contributed by atoms with Crippen LogP contribution in [0, 0.1) is 103 Å². The predicted octanol–water partition coefficient (Wildman–Crippen LogP) is 5.00. The molecule has 0 radical (unpaired) electrons. The topological polar surface area (TPSA) is 216 Å². The number of fused-ring (bicyclic) bond motifs is 2. The number of rotatable bonds is 2. The zero-order chi connectivity index (χ0) is 31.7. The molecular weight excluding hydrogens is 562 g/mol. The second-order valence-corrected chi connectivity index (χ2v) is 8.90. The van der Waals surface area contributed by atoms with Crippen molar-refractivity contribution in [1.82, 2.24) is 9.97 Å². The molecule has 198 valence electrons. The van der Waals surface area contributed by atoms with E-state index in [1.807, 2.05) is 12.1 Å². The van der Waals surface area contributed by atoms with Gasteiger partial charge in [0.2, 0.25) is 11.9 Å². The number of halogens is 2. The molecule has 44 heavy (non-hydrogen) atoms. The van der Waals surface area contributed by atoms with Gasteiger partial charge in [-0.3, -0.25) is 0 Å². The summed E-state index contributed by atoms with van der Waals surface area (Å²) >= 11 is 0. The highest BCUT2D eigenvalue weighted by atomic mass is 19.1. The van der Waals surface area contributed by atoms with Crippen molar-refractivity contribution < 1.29 is 8.78 Å². The van der Waals surface area contributed by atoms with Crippen LogP contribution in [0.15, 0.2) is 47.5 Å². The summed E-state index contributed by atoms with van der Waals surface area (Å²) in [5.74, 6) is -1.97. The van der Waals surface area contributed by atoms with E-state index in [0.29, 0.717) is 0 Å². The molecule has 12 heteroatoms. The van der Waals surface area contributed by atoms with Crippen LogP contribution in [0.2, 0.25) is 0 Å². The van der Waals surface area contributed by atoms with Crippen molar-refractivity contribution in [1.29, 1.82) is 42.1 Å². The van der Waals surface area contributed by atoms with Gasteiger partial charge in [-0.25, -0.2) is 9.97 Å². The molecule has 0 aliphatic heterocycles. The number of aromatic nitrogens is 2. The van der Waals surface area contributed by atoms with Crippen LogP contribution in [0.1, 0.15) is 44.8 Å². The number of hydrogen-bond donors (Lipinski definition) is 0. The Morgan fingerprint density at radius 3 is 1.14 bits per heavy atom. The van der Waals surface area contributed by atoms with E-state index in [4.69, 9.17) is 0 Å². The lowest BCUT2D eigenvalue weighted by Crippen LogP contribution is -1.98. The largest absolute Gasteiger partial charge is 0.214 e. The third-order valence-electron chi connectivity index (χ3n) is 6.88. The molecule has 3 aromatic rings. The van der Waals surface area contributed by atoms with Gasteiger partial charge in [0.25, 0.3) is 0 Å². The normalized spacial score (nSPS) is 12.3. The monoisotopic (exact) mass is 568 g/mol. The molecule has 0 saturated carbocycles. The van der Waals surface area contributed by atoms with Crippen molar-refractivity contribution in [3.8, 4) is 48.6 Å². The molecule has 2 aliphatic rings. The molecule has 2 aliphatic carbocycles. The first-order valence-electron chi connectivity index (χ1n) is 12.0. The van der Waals surface area contributed by atoms with Crippen molar-refractivity contribution in [3.05, 3.63) is 104 Å². The molecule has 0 saturated heterocycles. The van der Waals surface area contributed by atoms with E-state index < -0.39 is 34.4 Å². The lowest BCUT2D eigenvalue weighted by atomic mass is 9.89. The SMILES string of the molecule is N#CC(C#N)=C1C(c2ccc(F)nc2C#N)=C(C#N)c2cc3c(cc21)C(C#N)=C(c1ccc(F)nc1C#N)C3=C(C#N)C#N. The highest BCUT2D eigenvalue weighted by Gasteiger charge is 2.38. The molecule has 0 spiro atoms. The van der Waals surface area contributed by atoms with E-state index in [2.05, 4.69) is 9.97 Å². The molecule has 0 N–H and O–H groups in total. The van der Waals surface area contributed by atoms with Gasteiger partial charge < -0.3 is 0 Å². The average molecular weight is 568 g/mol. The lowest BCUT2D eigenvalue weighted by molar-refractivity contribution is 0.581. The van der Waals surface area contributed by atoms with E-state index >= 15 is 0 Å². The predicted molar refractivity (Wildman–Crippen MR) is 145 cm³/mol. The number of pyridine rings is 2. The van der Waals surface area contributed by atoms with Crippen molar-refractivity contribution in [3.63, 3.8) is 0 Å². The van der Waals surface area contributed by atoms with Crippen molar-refractivity contribution in [2.24, 2.45) is 0 Å². The van der Waals surface area contributed by atoms with Gasteiger partial charge in [0.1, 0.15) is 59.7 Å². The Bertz CT molecular complexity index is 2190. The summed E-state index contributed by atoms with van der Waals surface area (Å²) in [5, 5.41) is 79.4. The Balaban J connectivity index is 1.97. The minimum Gasteiger partial charge on any atom is -0.208 e. The standard InChI is InChI=1S/C32H6F2N10/c33-27-3-1-17(25(13-41)43-27)31-23(11-39)19-5-22-20(6-21(19)29(31)15(7-35)8-36)24(12-40)32(30(22)16(9-37)10-38)18-2-4-28(34)44-26(18)14-42/h1-6H. The van der Waals surface area contributed by atoms with Gasteiger partial charge in [0, 0.05) is 44.5 Å². The molecule has 2 aromatic heterocycles. The van der Waals surface area contributed by atoms with Gasteiger partial charge in [-0.1, -0.05) is 0 Å². The minimum absolute atomic E-state index is 0.0434. The second kappa shape index (κ2) is 10.7. The first-order valence-corrected chi connectivity index (χ1v) is 12.0. The summed E-state index contributed by atoms with van der Waals surface area (Å²) in [4.78, 5) is 7.15. The first-order chi connectivity index (χ1) is 21.3. The lowest BCUT2D eigenvalue weighted by Gasteiger charge is -2.11. The van der Waals surface area contributed by atoms with Crippen LogP contribution < -0.4 is 0 Å². The van der Waals surface area contributed by atoms with E-state index in [0.717, 1.165) is 12.1 Å². The fraction of sp³-hybridized carbons (Fsp3) is 0. The fourth-order valence-corrected chi connectivity index (χ4v) is 5.22. The zero-order valence-electron chi connectivity index (χ0n) is 21.7. The van der Waals surface area contributed by atoms with Crippen LogP contribution in [-0.2, 0) is 0 Å². The third-order valence-corrected chi connectivity index (χ3v) is 6.88. The Morgan fingerprint density at radius 2 is 0.841 bits per heavy atom. The molecule has 0 amide bonds. The van der Waals surface area contributed by atoms with Crippen LogP contribution in [0.25, 0.3) is 33.4 Å². The van der Waals surface area contributed by atoms with Crippen LogP contribution in [0.3, 0.4) is 0 Å². The summed E-state index contributed by atoms with van der Waals surface area (Å²) in [6.45, 7) is 0. The molecule has 0 fully saturated rings. The number of benzene rings is 1. The molecule has 2 heterocycles. The van der Waals surface area contributed by atoms with Crippen molar-refractivity contribution in [2.75, 3.05) is 0 Å². The maximum Gasteiger partial charge on any atom is 0.214 e. The summed E-state index contributed by atoms with van der Waals surface area (Å²) in [6.07, 6.45) is 0. The maximum absolute atomic E-state index is 13.9. The Labute approximate surface area is 247 Å². The van der Waals surface area contributed by atoms with Crippen molar-refractivity contribution in [2.45, 2.75) is 0 Å². The molecule has 1 aromatic carbocycles. The van der Waals surface area contributed by atoms with Gasteiger partial charge in [-0.05, 0) is 47.5 Å². The molecule has 0 bridgehead atoms. The summed E-state index contributed by atoms with van der Waals surface area (Å²) in [6, 6.07) is 21.5. The van der Waals surface area contributed by atoms with E-state index in [9.17, 15) is 50.9 Å². The summed E-state index contributed by atoms with van der Waals surface area (Å²) in [5.41, 5.74) is -2.03. The van der Waals surface area contributed by atoms with Gasteiger partial charge in [-0.2, -0.15) is 50.9 Å². The van der Waals surface area contributed by atoms with E-state index in [1.165, 1.54) is 24.3 Å². The molecule has 0 atom stereocenters. The maximum atomic E-state index is 13.9. The Kier molecular flexibility index (Phi) is 6.75. The summed E-state index contributed by atoms with van der Waals surface area (Å²) in [7, 11) is 0. The molecule has 5 rings (SSSR count). The molecule has 10 nitrogen and oxygen atoms in total. The smallest absolute Gasteiger partial charge is 0.208 e. The van der Waals surface area contributed by atoms with Gasteiger partial charge >= 0.3 is 0 Å². The second-order valence-electron chi connectivity index (χ2n) is 8.90. The number of hydrogen-bond acceptors (Lipinski definition) is 10. The number of allylic oxidation sites excluding steroid dienone is 8. The van der Waals surface area contributed by atoms with E-state index in [-0.39, 0.29) is 66.8 Å². The zero-order valence-corrected chi connectivity index (χ0v) is 21.7. The van der Waals surface area contributed by atoms with E-state index in [1.54, 1.807) is 36.4 Å². The highest BCUT2D eigenvalue weighted by Crippen LogP contribution is 2.54. The Morgan fingerprint density at radius 1 is 0.477 bits per heavy atom. The molecular formula is C32H6F2N10. The first kappa shape index (κ1) is 27.8. The quantitative estimate of drug-likeness (QED) is 0.298. The Hall–Kier alpha value is -7.74. The van der Waals surface area contributed by atoms with Gasteiger partial charge in [0.05, 0.1) is 11.1 Å². The third kappa shape index (κ3) is 3.93. The number of nitriles is 8. The minimum atomic E-state index is -0.983. The summed E-state index contributed by atoms with van der Waals surface area (Å²) < 4.78 is 27.9. The number of nitrogens with zero attached hydrogens (tertiary/aromatic N) is 10. The van der Waals surface area contributed by atoms with Crippen LogP contribution in [-0.4, -0.2) is 9.97 Å². The van der Waals surface area contributed by atoms with Crippen molar-refractivity contribution >= 4 is 33.4 Å². The highest BCUT2D eigenvalue weighted by molar-refractivity contribution is 6.30. The van der Waals surface area contributed by atoms with Crippen LogP contribution in [0.4, 0.5) is 8.78 Å². The van der Waals surface area contributed by atoms with Gasteiger partial charge in [0.15, 0.2) is 11.4 Å². The average Bonchev–Trinajstić information content (AvgIpc) is 3.52. The fourth-order valence-electron chi connectivity index (χ4n) is 5.22. The molecule has 0 unspecified atom stereocenters. The van der Waals surface area contributed by atoms with Crippen LogP contribution in [0.5, 0.6) is 0 Å². The van der Waals surface area contributed by atoms with Gasteiger partial charge in [-0.15, -0.1) is 0 Å².